The number of aliphatic imine (C=N–C) groups is 1. The van der Waals surface area contributed by atoms with E-state index in [0.717, 1.165) is 29.7 Å². The van der Waals surface area contributed by atoms with Crippen molar-refractivity contribution in [1.82, 2.24) is 4.90 Å². The van der Waals surface area contributed by atoms with E-state index in [4.69, 9.17) is 9.73 Å². The normalized spacial score (nSPS) is 42.1. The minimum atomic E-state index is -0.423. The maximum atomic E-state index is 10.1. The molecule has 4 atom stereocenters. The molecule has 3 heterocycles. The van der Waals surface area contributed by atoms with Crippen molar-refractivity contribution in [2.75, 3.05) is 13.7 Å². The lowest BCUT2D eigenvalue weighted by atomic mass is 9.67. The molecule has 1 spiro atoms. The first-order valence-electron chi connectivity index (χ1n) is 10.6. The Morgan fingerprint density at radius 2 is 1.93 bits per heavy atom. The Morgan fingerprint density at radius 1 is 1.15 bits per heavy atom. The minimum Gasteiger partial charge on any atom is -0.469 e. The Kier molecular flexibility index (Phi) is 3.43. The number of rotatable bonds is 1. The summed E-state index contributed by atoms with van der Waals surface area (Å²) >= 11 is 0. The molecule has 6 aliphatic rings. The van der Waals surface area contributed by atoms with Crippen LogP contribution in [0.5, 0.6) is 0 Å². The van der Waals surface area contributed by atoms with E-state index < -0.39 is 5.72 Å². The van der Waals surface area contributed by atoms with Gasteiger partial charge in [0.1, 0.15) is 11.5 Å². The predicted octanol–water partition coefficient (Wildman–Crippen LogP) is 3.46. The van der Waals surface area contributed by atoms with Gasteiger partial charge >= 0.3 is 0 Å². The third-order valence-corrected chi connectivity index (χ3v) is 8.01. The summed E-state index contributed by atoms with van der Waals surface area (Å²) in [7, 11) is 2.25. The summed E-state index contributed by atoms with van der Waals surface area (Å²) < 4.78 is 6.95. The first-order chi connectivity index (χ1) is 13.2. The van der Waals surface area contributed by atoms with Crippen molar-refractivity contribution < 1.29 is 9.84 Å². The van der Waals surface area contributed by atoms with E-state index in [-0.39, 0.29) is 12.5 Å². The lowest BCUT2D eigenvalue weighted by Gasteiger charge is -2.48. The maximum absolute atomic E-state index is 10.1. The smallest absolute Gasteiger partial charge is 0.202 e. The van der Waals surface area contributed by atoms with Gasteiger partial charge in [0.2, 0.25) is 5.72 Å². The number of hydrogen-bond donors (Lipinski definition) is 1. The van der Waals surface area contributed by atoms with E-state index in [1.54, 1.807) is 0 Å². The molecule has 4 nitrogen and oxygen atoms in total. The van der Waals surface area contributed by atoms with Crippen molar-refractivity contribution in [3.05, 3.63) is 41.2 Å². The topological polar surface area (TPSA) is 45.1 Å². The van der Waals surface area contributed by atoms with E-state index in [1.807, 2.05) is 0 Å². The Bertz CT molecular complexity index is 833. The highest BCUT2D eigenvalue weighted by atomic mass is 16.5. The molecule has 3 aliphatic carbocycles. The van der Waals surface area contributed by atoms with Gasteiger partial charge in [-0.25, -0.2) is 0 Å². The SMILES string of the molecule is CN1C2CC3CC(C2)CC(C3)C12C=NC1=C(O2)C(CO)Cc2ccccc21. The second-order valence-corrected chi connectivity index (χ2v) is 9.44. The highest BCUT2D eigenvalue weighted by Crippen LogP contribution is 2.55. The van der Waals surface area contributed by atoms with Crippen molar-refractivity contribution in [2.24, 2.45) is 28.7 Å². The highest BCUT2D eigenvalue weighted by molar-refractivity contribution is 5.84. The van der Waals surface area contributed by atoms with E-state index in [2.05, 4.69) is 42.4 Å². The van der Waals surface area contributed by atoms with E-state index in [9.17, 15) is 5.11 Å². The summed E-state index contributed by atoms with van der Waals surface area (Å²) in [5, 5.41) is 10.1. The number of benzene rings is 1. The van der Waals surface area contributed by atoms with Crippen molar-refractivity contribution in [2.45, 2.75) is 50.3 Å². The second kappa shape index (κ2) is 5.68. The lowest BCUT2D eigenvalue weighted by molar-refractivity contribution is -0.115. The largest absolute Gasteiger partial charge is 0.469 e. The van der Waals surface area contributed by atoms with Gasteiger partial charge in [-0.15, -0.1) is 0 Å². The van der Waals surface area contributed by atoms with Crippen molar-refractivity contribution in [3.8, 4) is 0 Å². The maximum Gasteiger partial charge on any atom is 0.202 e. The standard InChI is InChI=1S/C23H28N2O2/c1-25-19-9-14-6-15(10-19)8-18(7-14)23(25)13-24-21-20-5-3-2-4-16(20)11-17(12-26)22(21)27-23/h2-5,13-15,17-19,26H,6-12H2,1H3. The molecule has 1 aromatic rings. The average Bonchev–Trinajstić information content (AvgIpc) is 2.81. The molecule has 2 saturated carbocycles. The van der Waals surface area contributed by atoms with Crippen LogP contribution >= 0.6 is 0 Å². The van der Waals surface area contributed by atoms with Gasteiger partial charge in [0.25, 0.3) is 0 Å². The quantitative estimate of drug-likeness (QED) is 0.830. The van der Waals surface area contributed by atoms with Gasteiger partial charge in [0.05, 0.1) is 12.8 Å². The Balaban J connectivity index is 1.46. The number of aliphatic hydroxyl groups excluding tert-OH is 1. The monoisotopic (exact) mass is 364 g/mol. The molecule has 4 fully saturated rings. The zero-order chi connectivity index (χ0) is 18.2. The van der Waals surface area contributed by atoms with Crippen LogP contribution in [0.2, 0.25) is 0 Å². The summed E-state index contributed by atoms with van der Waals surface area (Å²) in [5.41, 5.74) is 2.96. The fraction of sp³-hybridized carbons (Fsp3) is 0.609. The molecule has 1 aromatic carbocycles. The van der Waals surface area contributed by atoms with E-state index >= 15 is 0 Å². The molecule has 142 valence electrons. The van der Waals surface area contributed by atoms with Gasteiger partial charge < -0.3 is 9.84 Å². The highest BCUT2D eigenvalue weighted by Gasteiger charge is 2.57. The van der Waals surface area contributed by atoms with Crippen LogP contribution in [0.3, 0.4) is 0 Å². The first-order valence-corrected chi connectivity index (χ1v) is 10.6. The van der Waals surface area contributed by atoms with Crippen molar-refractivity contribution >= 4 is 11.9 Å². The van der Waals surface area contributed by atoms with Crippen LogP contribution in [-0.4, -0.2) is 41.6 Å². The van der Waals surface area contributed by atoms with Gasteiger partial charge in [-0.2, -0.15) is 0 Å². The number of ether oxygens (including phenoxy) is 1. The van der Waals surface area contributed by atoms with Gasteiger partial charge in [-0.3, -0.25) is 9.89 Å². The first kappa shape index (κ1) is 16.3. The summed E-state index contributed by atoms with van der Waals surface area (Å²) in [6, 6.07) is 9.03. The Labute approximate surface area is 160 Å². The lowest BCUT2D eigenvalue weighted by Crippen LogP contribution is -2.58. The molecule has 4 heteroatoms. The number of nitrogens with zero attached hydrogens (tertiary/aromatic N) is 2. The average molecular weight is 364 g/mol. The molecule has 3 aliphatic heterocycles. The molecule has 4 bridgehead atoms. The van der Waals surface area contributed by atoms with Crippen LogP contribution in [-0.2, 0) is 11.2 Å². The Hall–Kier alpha value is -1.65. The molecule has 0 amide bonds. The summed E-state index contributed by atoms with van der Waals surface area (Å²) in [4.78, 5) is 7.54. The van der Waals surface area contributed by atoms with Crippen LogP contribution in [0.1, 0.15) is 43.2 Å². The van der Waals surface area contributed by atoms with Gasteiger partial charge in [-0.1, -0.05) is 24.3 Å². The van der Waals surface area contributed by atoms with E-state index in [0.29, 0.717) is 12.0 Å². The second-order valence-electron chi connectivity index (χ2n) is 9.44. The van der Waals surface area contributed by atoms with Crippen molar-refractivity contribution in [3.63, 3.8) is 0 Å². The fourth-order valence-electron chi connectivity index (χ4n) is 6.78. The molecule has 0 aromatic heterocycles. The van der Waals surface area contributed by atoms with Gasteiger partial charge in [0.15, 0.2) is 0 Å². The van der Waals surface area contributed by atoms with Crippen LogP contribution in [0.4, 0.5) is 0 Å². The molecular weight excluding hydrogens is 336 g/mol. The summed E-state index contributed by atoms with van der Waals surface area (Å²) in [6.07, 6.45) is 9.49. The van der Waals surface area contributed by atoms with E-state index in [1.165, 1.54) is 43.2 Å². The number of fused-ring (bicyclic) bond motifs is 2. The predicted molar refractivity (Wildman–Crippen MR) is 105 cm³/mol. The van der Waals surface area contributed by atoms with Crippen molar-refractivity contribution in [1.29, 1.82) is 0 Å². The molecule has 2 saturated heterocycles. The molecular formula is C23H28N2O2. The van der Waals surface area contributed by atoms with Gasteiger partial charge in [-0.05, 0) is 63.0 Å². The number of hydrogen-bond acceptors (Lipinski definition) is 4. The van der Waals surface area contributed by atoms with Crippen LogP contribution in [0.25, 0.3) is 5.70 Å². The third kappa shape index (κ3) is 2.20. The molecule has 7 rings (SSSR count). The Morgan fingerprint density at radius 3 is 2.70 bits per heavy atom. The molecule has 4 unspecified atom stereocenters. The van der Waals surface area contributed by atoms with Crippen LogP contribution < -0.4 is 0 Å². The summed E-state index contributed by atoms with van der Waals surface area (Å²) in [5.74, 6) is 3.14. The molecule has 27 heavy (non-hydrogen) atoms. The fourth-order valence-corrected chi connectivity index (χ4v) is 6.78. The zero-order valence-corrected chi connectivity index (χ0v) is 16.0. The molecule has 0 radical (unpaired) electrons. The van der Waals surface area contributed by atoms with Crippen LogP contribution in [0.15, 0.2) is 35.0 Å². The third-order valence-electron chi connectivity index (χ3n) is 8.01. The zero-order valence-electron chi connectivity index (χ0n) is 16.0. The van der Waals surface area contributed by atoms with Crippen LogP contribution in [0, 0.1) is 23.7 Å². The summed E-state index contributed by atoms with van der Waals surface area (Å²) in [6.45, 7) is 0.113. The van der Waals surface area contributed by atoms with Gasteiger partial charge in [0, 0.05) is 23.4 Å². The number of aliphatic hydroxyl groups is 1. The minimum absolute atomic E-state index is 0.00951. The molecule has 1 N–H and O–H groups in total.